The Morgan fingerprint density at radius 3 is 2.55 bits per heavy atom. The van der Waals surface area contributed by atoms with Crippen LogP contribution in [0.25, 0.3) is 0 Å². The van der Waals surface area contributed by atoms with Gasteiger partial charge in [0, 0.05) is 25.8 Å². The minimum Gasteiger partial charge on any atom is -0.381 e. The number of likely N-dealkylation sites (tertiary alicyclic amines) is 1. The predicted octanol–water partition coefficient (Wildman–Crippen LogP) is 5.81. The fraction of sp³-hybridized carbons (Fsp3) is 0.542. The normalized spacial score (nSPS) is 22.6. The highest BCUT2D eigenvalue weighted by atomic mass is 19.4. The number of ether oxygens (including phenoxy) is 1. The third kappa shape index (κ3) is 6.10. The van der Waals surface area contributed by atoms with Crippen LogP contribution in [0.4, 0.5) is 13.2 Å². The Morgan fingerprint density at radius 2 is 1.93 bits per heavy atom. The van der Waals surface area contributed by atoms with Gasteiger partial charge in [-0.3, -0.25) is 4.90 Å². The lowest BCUT2D eigenvalue weighted by Gasteiger charge is -2.41. The van der Waals surface area contributed by atoms with E-state index in [9.17, 15) is 13.2 Å². The highest BCUT2D eigenvalue weighted by Gasteiger charge is 2.33. The summed E-state index contributed by atoms with van der Waals surface area (Å²) in [6, 6.07) is 5.74. The molecule has 2 aliphatic rings. The van der Waals surface area contributed by atoms with Crippen molar-refractivity contribution < 1.29 is 17.9 Å². The molecule has 0 unspecified atom stereocenters. The maximum Gasteiger partial charge on any atom is 0.416 e. The average Bonchev–Trinajstić information content (AvgIpc) is 2.71. The molecule has 0 N–H and O–H groups in total. The second-order valence-corrected chi connectivity index (χ2v) is 8.04. The molecule has 2 nitrogen and oxygen atoms in total. The van der Waals surface area contributed by atoms with E-state index < -0.39 is 11.7 Å². The number of hydrogen-bond donors (Lipinski definition) is 0. The van der Waals surface area contributed by atoms with Crippen molar-refractivity contribution in [2.75, 3.05) is 19.8 Å². The van der Waals surface area contributed by atoms with E-state index in [-0.39, 0.29) is 12.1 Å². The molecule has 2 heterocycles. The van der Waals surface area contributed by atoms with E-state index in [0.29, 0.717) is 5.92 Å². The summed E-state index contributed by atoms with van der Waals surface area (Å²) in [5, 5.41) is 0. The van der Waals surface area contributed by atoms with Crippen molar-refractivity contribution in [3.63, 3.8) is 0 Å². The van der Waals surface area contributed by atoms with Crippen molar-refractivity contribution in [2.24, 2.45) is 5.92 Å². The number of piperidine rings is 1. The van der Waals surface area contributed by atoms with Crippen molar-refractivity contribution in [3.8, 4) is 11.8 Å². The van der Waals surface area contributed by atoms with Crippen LogP contribution >= 0.6 is 0 Å². The summed E-state index contributed by atoms with van der Waals surface area (Å²) in [7, 11) is 0. The van der Waals surface area contributed by atoms with Crippen LogP contribution in [0.1, 0.15) is 56.2 Å². The summed E-state index contributed by atoms with van der Waals surface area (Å²) >= 11 is 0. The fourth-order valence-corrected chi connectivity index (χ4v) is 4.18. The maximum atomic E-state index is 12.9. The fourth-order valence-electron chi connectivity index (χ4n) is 4.18. The monoisotopic (exact) mass is 404 g/mol. The zero-order valence-electron chi connectivity index (χ0n) is 17.0. The largest absolute Gasteiger partial charge is 0.416 e. The number of halogens is 3. The molecule has 3 rings (SSSR count). The van der Waals surface area contributed by atoms with E-state index in [1.165, 1.54) is 12.1 Å². The molecule has 2 atom stereocenters. The van der Waals surface area contributed by atoms with Gasteiger partial charge in [0.2, 0.25) is 0 Å². The predicted molar refractivity (Wildman–Crippen MR) is 109 cm³/mol. The first-order valence-corrected chi connectivity index (χ1v) is 10.3. The van der Waals surface area contributed by atoms with Crippen molar-refractivity contribution >= 4 is 0 Å². The van der Waals surface area contributed by atoms with E-state index in [1.807, 2.05) is 6.92 Å². The number of hydrogen-bond acceptors (Lipinski definition) is 2. The smallest absolute Gasteiger partial charge is 0.381 e. The first kappa shape index (κ1) is 21.9. The summed E-state index contributed by atoms with van der Waals surface area (Å²) in [5.41, 5.74) is 1.15. The first-order valence-electron chi connectivity index (χ1n) is 10.3. The molecule has 0 bridgehead atoms. The molecule has 0 aromatic heterocycles. The van der Waals surface area contributed by atoms with Crippen molar-refractivity contribution in [1.82, 2.24) is 4.90 Å². The van der Waals surface area contributed by atoms with Gasteiger partial charge in [-0.1, -0.05) is 30.6 Å². The molecule has 2 fully saturated rings. The Hall–Kier alpha value is -1.77. The molecular weight excluding hydrogens is 375 g/mol. The van der Waals surface area contributed by atoms with Crippen molar-refractivity contribution in [2.45, 2.75) is 57.3 Å². The maximum absolute atomic E-state index is 12.9. The van der Waals surface area contributed by atoms with Crippen LogP contribution in [-0.2, 0) is 10.9 Å². The zero-order valence-corrected chi connectivity index (χ0v) is 17.0. The van der Waals surface area contributed by atoms with Crippen LogP contribution < -0.4 is 0 Å². The molecule has 0 saturated carbocycles. The molecule has 0 spiro atoms. The van der Waals surface area contributed by atoms with Crippen LogP contribution in [0.15, 0.2) is 36.4 Å². The third-order valence-electron chi connectivity index (χ3n) is 5.75. The summed E-state index contributed by atoms with van der Waals surface area (Å²) < 4.78 is 44.3. The molecule has 157 valence electrons. The van der Waals surface area contributed by atoms with Gasteiger partial charge in [0.15, 0.2) is 0 Å². The second kappa shape index (κ2) is 9.82. The van der Waals surface area contributed by atoms with Crippen molar-refractivity contribution in [1.29, 1.82) is 0 Å². The topological polar surface area (TPSA) is 12.5 Å². The number of allylic oxidation sites excluding steroid dienone is 1. The van der Waals surface area contributed by atoms with Gasteiger partial charge in [-0.05, 0) is 74.6 Å². The van der Waals surface area contributed by atoms with Gasteiger partial charge in [0.25, 0.3) is 0 Å². The Balaban J connectivity index is 1.83. The van der Waals surface area contributed by atoms with Gasteiger partial charge in [-0.25, -0.2) is 0 Å². The van der Waals surface area contributed by atoms with E-state index >= 15 is 0 Å². The molecule has 2 saturated heterocycles. The summed E-state index contributed by atoms with van der Waals surface area (Å²) in [4.78, 5) is 2.38. The number of benzene rings is 1. The second-order valence-electron chi connectivity index (χ2n) is 8.04. The van der Waals surface area contributed by atoms with Crippen LogP contribution in [0.3, 0.4) is 0 Å². The third-order valence-corrected chi connectivity index (χ3v) is 5.75. The van der Waals surface area contributed by atoms with E-state index in [2.05, 4.69) is 29.7 Å². The molecule has 2 aliphatic heterocycles. The van der Waals surface area contributed by atoms with Crippen molar-refractivity contribution in [3.05, 3.63) is 54.0 Å². The Morgan fingerprint density at radius 1 is 1.24 bits per heavy atom. The Bertz CT molecular complexity index is 738. The quantitative estimate of drug-likeness (QED) is 0.587. The number of rotatable bonds is 4. The molecule has 1 radical (unpaired) electrons. The Kier molecular flexibility index (Phi) is 7.43. The Labute approximate surface area is 172 Å². The van der Waals surface area contributed by atoms with Crippen LogP contribution in [-0.4, -0.2) is 30.7 Å². The highest BCUT2D eigenvalue weighted by Crippen LogP contribution is 2.36. The summed E-state index contributed by atoms with van der Waals surface area (Å²) in [6.07, 6.45) is 2.75. The minimum atomic E-state index is -4.31. The lowest BCUT2D eigenvalue weighted by atomic mass is 9.88. The zero-order chi connectivity index (χ0) is 20.9. The summed E-state index contributed by atoms with van der Waals surface area (Å²) in [6.45, 7) is 8.25. The number of nitrogens with zero attached hydrogens (tertiary/aromatic N) is 1. The van der Waals surface area contributed by atoms with Gasteiger partial charge in [0.05, 0.1) is 11.6 Å². The van der Waals surface area contributed by atoms with Gasteiger partial charge in [-0.15, -0.1) is 0 Å². The van der Waals surface area contributed by atoms with Crippen LogP contribution in [0, 0.1) is 24.2 Å². The first-order chi connectivity index (χ1) is 13.8. The van der Waals surface area contributed by atoms with Gasteiger partial charge in [0.1, 0.15) is 0 Å². The van der Waals surface area contributed by atoms with E-state index in [1.54, 1.807) is 12.1 Å². The lowest BCUT2D eigenvalue weighted by Crippen LogP contribution is -2.42. The molecular formula is C24H29F3NO. The number of alkyl halides is 3. The summed E-state index contributed by atoms with van der Waals surface area (Å²) in [5.74, 6) is 7.13. The van der Waals surface area contributed by atoms with Gasteiger partial charge < -0.3 is 4.74 Å². The lowest BCUT2D eigenvalue weighted by molar-refractivity contribution is -0.137. The molecule has 0 aliphatic carbocycles. The molecule has 1 aromatic carbocycles. The SMILES string of the molecule is C=C(C)C#C[C@H](CC1CCOCC1)N1CC[CH]C[C@H]1c1ccc(C(F)(F)F)cc1. The minimum absolute atomic E-state index is 0.0512. The highest BCUT2D eigenvalue weighted by molar-refractivity contribution is 5.30. The molecule has 29 heavy (non-hydrogen) atoms. The van der Waals surface area contributed by atoms with E-state index in [0.717, 1.165) is 63.0 Å². The molecule has 0 amide bonds. The van der Waals surface area contributed by atoms with Gasteiger partial charge in [-0.2, -0.15) is 13.2 Å². The van der Waals surface area contributed by atoms with E-state index in [4.69, 9.17) is 4.74 Å². The molecule has 1 aromatic rings. The van der Waals surface area contributed by atoms with Crippen LogP contribution in [0.2, 0.25) is 0 Å². The standard InChI is InChI=1S/C24H29F3NO/c1-18(2)6-11-22(17-19-12-15-29-16-13-19)28-14-4-3-5-23(28)20-7-9-21(10-8-20)24(25,26)27/h3,7-10,19,22-23H,1,4-5,12-17H2,2H3/t22-,23+/m1/s1. The van der Waals surface area contributed by atoms with Gasteiger partial charge >= 0.3 is 6.18 Å². The average molecular weight is 404 g/mol. The molecule has 5 heteroatoms. The van der Waals surface area contributed by atoms with Crippen LogP contribution in [0.5, 0.6) is 0 Å².